The molecule has 2 aromatic rings. The normalized spacial score (nSPS) is 20.8. The van der Waals surface area contributed by atoms with Gasteiger partial charge in [-0.05, 0) is 44.9 Å². The van der Waals surface area contributed by atoms with Gasteiger partial charge in [-0.3, -0.25) is 4.90 Å². The van der Waals surface area contributed by atoms with Gasteiger partial charge in [-0.25, -0.2) is 4.98 Å². The van der Waals surface area contributed by atoms with Crippen LogP contribution in [0.4, 0.5) is 0 Å². The smallest absolute Gasteiger partial charge is 0.226 e. The second-order valence-corrected chi connectivity index (χ2v) is 6.03. The number of aliphatic hydroxyl groups excluding tert-OH is 1. The number of nitrogens with zero attached hydrogens (tertiary/aromatic N) is 2. The molecule has 1 aromatic heterocycles. The maximum Gasteiger partial charge on any atom is 0.226 e. The van der Waals surface area contributed by atoms with Gasteiger partial charge in [0.25, 0.3) is 0 Å². The Labute approximate surface area is 125 Å². The highest BCUT2D eigenvalue weighted by atomic mass is 16.3. The number of oxazole rings is 1. The average molecular weight is 286 g/mol. The molecule has 1 fully saturated rings. The molecule has 2 atom stereocenters. The van der Waals surface area contributed by atoms with Crippen LogP contribution in [0.3, 0.4) is 0 Å². The highest BCUT2D eigenvalue weighted by molar-refractivity contribution is 5.53. The Kier molecular flexibility index (Phi) is 4.08. The van der Waals surface area contributed by atoms with Crippen molar-refractivity contribution in [3.05, 3.63) is 41.8 Å². The lowest BCUT2D eigenvalue weighted by molar-refractivity contribution is 0.127. The van der Waals surface area contributed by atoms with Crippen LogP contribution in [-0.4, -0.2) is 34.2 Å². The number of aryl methyl sites for hydroxylation is 1. The summed E-state index contributed by atoms with van der Waals surface area (Å²) in [4.78, 5) is 6.90. The number of rotatable bonds is 4. The minimum Gasteiger partial charge on any atom is -0.444 e. The molecule has 1 N–H and O–H groups in total. The standard InChI is InChI=1S/C17H22N2O2/c1-12-3-5-14(6-4-12)17-18-16(11-21-17)10-19-8-7-15(9-19)13(2)20/h3-6,11,13,15,20H,7-10H2,1-2H3. The molecule has 1 saturated heterocycles. The molecule has 1 aromatic carbocycles. The van der Waals surface area contributed by atoms with Gasteiger partial charge < -0.3 is 9.52 Å². The number of hydrogen-bond donors (Lipinski definition) is 1. The topological polar surface area (TPSA) is 49.5 Å². The van der Waals surface area contributed by atoms with Crippen molar-refractivity contribution >= 4 is 0 Å². The fraction of sp³-hybridized carbons (Fsp3) is 0.471. The molecule has 2 heterocycles. The van der Waals surface area contributed by atoms with Crippen molar-refractivity contribution in [3.63, 3.8) is 0 Å². The highest BCUT2D eigenvalue weighted by Crippen LogP contribution is 2.23. The first-order valence-electron chi connectivity index (χ1n) is 7.53. The van der Waals surface area contributed by atoms with Crippen LogP contribution in [0.15, 0.2) is 34.9 Å². The molecule has 0 spiro atoms. The van der Waals surface area contributed by atoms with Crippen molar-refractivity contribution in [3.8, 4) is 11.5 Å². The maximum atomic E-state index is 9.65. The zero-order valence-electron chi connectivity index (χ0n) is 12.6. The van der Waals surface area contributed by atoms with Gasteiger partial charge in [0.15, 0.2) is 0 Å². The van der Waals surface area contributed by atoms with E-state index < -0.39 is 0 Å². The van der Waals surface area contributed by atoms with Gasteiger partial charge in [-0.15, -0.1) is 0 Å². The van der Waals surface area contributed by atoms with E-state index in [0.717, 1.165) is 37.3 Å². The lowest BCUT2D eigenvalue weighted by Gasteiger charge is -2.15. The average Bonchev–Trinajstić information content (AvgIpc) is 3.10. The Morgan fingerprint density at radius 2 is 2.14 bits per heavy atom. The number of benzene rings is 1. The summed E-state index contributed by atoms with van der Waals surface area (Å²) in [6.45, 7) is 6.68. The third-order valence-electron chi connectivity index (χ3n) is 4.23. The Morgan fingerprint density at radius 1 is 1.38 bits per heavy atom. The van der Waals surface area contributed by atoms with E-state index in [0.29, 0.717) is 11.8 Å². The molecule has 0 radical (unpaired) electrons. The highest BCUT2D eigenvalue weighted by Gasteiger charge is 2.26. The third kappa shape index (κ3) is 3.34. The number of likely N-dealkylation sites (tertiary alicyclic amines) is 1. The fourth-order valence-corrected chi connectivity index (χ4v) is 2.84. The van der Waals surface area contributed by atoms with E-state index in [1.165, 1.54) is 5.56 Å². The minimum atomic E-state index is -0.226. The van der Waals surface area contributed by atoms with Crippen molar-refractivity contribution in [1.82, 2.24) is 9.88 Å². The van der Waals surface area contributed by atoms with E-state index in [4.69, 9.17) is 4.42 Å². The first-order valence-corrected chi connectivity index (χ1v) is 7.53. The maximum absolute atomic E-state index is 9.65. The summed E-state index contributed by atoms with van der Waals surface area (Å²) in [6, 6.07) is 8.19. The number of aliphatic hydroxyl groups is 1. The minimum absolute atomic E-state index is 0.226. The molecular formula is C17H22N2O2. The van der Waals surface area contributed by atoms with Crippen LogP contribution in [0.5, 0.6) is 0 Å². The van der Waals surface area contributed by atoms with Gasteiger partial charge in [0.05, 0.1) is 11.8 Å². The van der Waals surface area contributed by atoms with Crippen LogP contribution < -0.4 is 0 Å². The van der Waals surface area contributed by atoms with Gasteiger partial charge in [0.1, 0.15) is 6.26 Å². The van der Waals surface area contributed by atoms with Crippen molar-refractivity contribution in [2.45, 2.75) is 32.9 Å². The van der Waals surface area contributed by atoms with E-state index in [-0.39, 0.29) is 6.10 Å². The molecule has 4 nitrogen and oxygen atoms in total. The first kappa shape index (κ1) is 14.3. The van der Waals surface area contributed by atoms with Crippen LogP contribution in [0, 0.1) is 12.8 Å². The molecule has 0 saturated carbocycles. The Morgan fingerprint density at radius 3 is 2.81 bits per heavy atom. The Bertz CT molecular complexity index is 589. The molecule has 0 bridgehead atoms. The van der Waals surface area contributed by atoms with E-state index in [1.807, 2.05) is 19.1 Å². The zero-order chi connectivity index (χ0) is 14.8. The van der Waals surface area contributed by atoms with Crippen molar-refractivity contribution in [2.75, 3.05) is 13.1 Å². The summed E-state index contributed by atoms with van der Waals surface area (Å²) in [7, 11) is 0. The summed E-state index contributed by atoms with van der Waals surface area (Å²) in [6.07, 6.45) is 2.57. The molecule has 1 aliphatic heterocycles. The number of hydrogen-bond acceptors (Lipinski definition) is 4. The van der Waals surface area contributed by atoms with Crippen molar-refractivity contribution in [2.24, 2.45) is 5.92 Å². The quantitative estimate of drug-likeness (QED) is 0.939. The molecule has 112 valence electrons. The van der Waals surface area contributed by atoms with Crippen LogP contribution in [0.2, 0.25) is 0 Å². The summed E-state index contributed by atoms with van der Waals surface area (Å²) < 4.78 is 5.59. The second kappa shape index (κ2) is 6.00. The van der Waals surface area contributed by atoms with Crippen molar-refractivity contribution in [1.29, 1.82) is 0 Å². The second-order valence-electron chi connectivity index (χ2n) is 6.03. The van der Waals surface area contributed by atoms with Crippen LogP contribution in [0.25, 0.3) is 11.5 Å². The molecule has 1 aliphatic rings. The van der Waals surface area contributed by atoms with E-state index in [2.05, 4.69) is 28.9 Å². The fourth-order valence-electron chi connectivity index (χ4n) is 2.84. The Balaban J connectivity index is 1.64. The van der Waals surface area contributed by atoms with Gasteiger partial charge in [0, 0.05) is 18.7 Å². The molecular weight excluding hydrogens is 264 g/mol. The zero-order valence-corrected chi connectivity index (χ0v) is 12.6. The first-order chi connectivity index (χ1) is 10.1. The number of aromatic nitrogens is 1. The summed E-state index contributed by atoms with van der Waals surface area (Å²) in [5.74, 6) is 1.06. The predicted molar refractivity (Wildman–Crippen MR) is 81.7 cm³/mol. The monoisotopic (exact) mass is 286 g/mol. The molecule has 4 heteroatoms. The van der Waals surface area contributed by atoms with Crippen LogP contribution >= 0.6 is 0 Å². The third-order valence-corrected chi connectivity index (χ3v) is 4.23. The van der Waals surface area contributed by atoms with Gasteiger partial charge >= 0.3 is 0 Å². The summed E-state index contributed by atoms with van der Waals surface area (Å²) in [5, 5.41) is 9.65. The SMILES string of the molecule is Cc1ccc(-c2nc(CN3CCC(C(C)O)C3)co2)cc1. The van der Waals surface area contributed by atoms with Gasteiger partial charge in [-0.1, -0.05) is 17.7 Å². The molecule has 21 heavy (non-hydrogen) atoms. The van der Waals surface area contributed by atoms with Gasteiger partial charge in [0.2, 0.25) is 5.89 Å². The largest absolute Gasteiger partial charge is 0.444 e. The molecule has 0 amide bonds. The predicted octanol–water partition coefficient (Wildman–Crippen LogP) is 2.85. The van der Waals surface area contributed by atoms with Crippen LogP contribution in [-0.2, 0) is 6.54 Å². The van der Waals surface area contributed by atoms with Gasteiger partial charge in [-0.2, -0.15) is 0 Å². The van der Waals surface area contributed by atoms with Crippen LogP contribution in [0.1, 0.15) is 24.6 Å². The lowest BCUT2D eigenvalue weighted by atomic mass is 10.0. The van der Waals surface area contributed by atoms with Crippen molar-refractivity contribution < 1.29 is 9.52 Å². The lowest BCUT2D eigenvalue weighted by Crippen LogP contribution is -2.24. The summed E-state index contributed by atoms with van der Waals surface area (Å²) >= 11 is 0. The molecule has 2 unspecified atom stereocenters. The van der Waals surface area contributed by atoms with E-state index in [1.54, 1.807) is 6.26 Å². The summed E-state index contributed by atoms with van der Waals surface area (Å²) in [5.41, 5.74) is 3.19. The molecule has 0 aliphatic carbocycles. The van der Waals surface area contributed by atoms with E-state index >= 15 is 0 Å². The Hall–Kier alpha value is -1.65. The molecule has 3 rings (SSSR count). The van der Waals surface area contributed by atoms with E-state index in [9.17, 15) is 5.11 Å².